The molecular weight excluding hydrogens is 231 g/mol. The summed E-state index contributed by atoms with van der Waals surface area (Å²) in [7, 11) is -2.07. The van der Waals surface area contributed by atoms with Crippen LogP contribution in [0.25, 0.3) is 0 Å². The third-order valence-electron chi connectivity index (χ3n) is 2.10. The van der Waals surface area contributed by atoms with E-state index in [0.717, 1.165) is 0 Å². The molecule has 2 N–H and O–H groups in total. The molecule has 0 bridgehead atoms. The molecule has 0 radical (unpaired) electrons. The fourth-order valence-electron chi connectivity index (χ4n) is 1.19. The van der Waals surface area contributed by atoms with Gasteiger partial charge < -0.3 is 14.7 Å². The Kier molecular flexibility index (Phi) is 4.10. The lowest BCUT2D eigenvalue weighted by atomic mass is 10.3. The van der Waals surface area contributed by atoms with E-state index in [0.29, 0.717) is 5.75 Å². The van der Waals surface area contributed by atoms with Crippen molar-refractivity contribution in [3.05, 3.63) is 24.3 Å². The Labute approximate surface area is 93.1 Å². The Morgan fingerprint density at radius 1 is 1.38 bits per heavy atom. The maximum atomic E-state index is 11.8. The average molecular weight is 244 g/mol. The van der Waals surface area contributed by atoms with Crippen molar-refractivity contribution in [2.75, 3.05) is 13.3 Å². The molecule has 0 aromatic heterocycles. The Balaban J connectivity index is 2.81. The lowest BCUT2D eigenvalue weighted by Crippen LogP contribution is -2.09. The van der Waals surface area contributed by atoms with Crippen molar-refractivity contribution < 1.29 is 24.1 Å². The number of methoxy groups -OCH3 is 1. The van der Waals surface area contributed by atoms with Crippen molar-refractivity contribution in [2.45, 2.75) is 6.42 Å². The van der Waals surface area contributed by atoms with Gasteiger partial charge in [-0.3, -0.25) is 9.36 Å². The van der Waals surface area contributed by atoms with Gasteiger partial charge in [0.1, 0.15) is 5.75 Å². The van der Waals surface area contributed by atoms with Crippen LogP contribution in [0.15, 0.2) is 24.3 Å². The Morgan fingerprint density at radius 2 is 1.94 bits per heavy atom. The minimum absolute atomic E-state index is 0.245. The monoisotopic (exact) mass is 244 g/mol. The van der Waals surface area contributed by atoms with Gasteiger partial charge in [0.05, 0.1) is 13.5 Å². The third-order valence-corrected chi connectivity index (χ3v) is 4.04. The summed E-state index contributed by atoms with van der Waals surface area (Å²) in [5.41, 5.74) is 0. The second kappa shape index (κ2) is 5.14. The SMILES string of the molecule is COc1ccc(P(=O)(O)CCC(=O)O)cc1. The molecule has 0 spiro atoms. The first-order valence-corrected chi connectivity index (χ1v) is 6.48. The van der Waals surface area contributed by atoms with Gasteiger partial charge in [-0.1, -0.05) is 0 Å². The fraction of sp³-hybridized carbons (Fsp3) is 0.300. The zero-order valence-corrected chi connectivity index (χ0v) is 9.68. The van der Waals surface area contributed by atoms with Gasteiger partial charge in [-0.2, -0.15) is 0 Å². The van der Waals surface area contributed by atoms with E-state index in [9.17, 15) is 14.3 Å². The number of aliphatic carboxylic acids is 1. The average Bonchev–Trinajstić information content (AvgIpc) is 2.27. The van der Waals surface area contributed by atoms with Crippen LogP contribution in [0, 0.1) is 0 Å². The van der Waals surface area contributed by atoms with Gasteiger partial charge in [-0.15, -0.1) is 0 Å². The van der Waals surface area contributed by atoms with Gasteiger partial charge >= 0.3 is 5.97 Å². The minimum Gasteiger partial charge on any atom is -0.497 e. The maximum absolute atomic E-state index is 11.8. The highest BCUT2D eigenvalue weighted by Gasteiger charge is 2.22. The van der Waals surface area contributed by atoms with Gasteiger partial charge in [0, 0.05) is 11.5 Å². The summed E-state index contributed by atoms with van der Waals surface area (Å²) in [5, 5.41) is 8.70. The number of carboxylic acids is 1. The van der Waals surface area contributed by atoms with Crippen molar-refractivity contribution >= 4 is 18.6 Å². The smallest absolute Gasteiger partial charge is 0.303 e. The summed E-state index contributed by atoms with van der Waals surface area (Å²) in [4.78, 5) is 20.0. The molecule has 1 rings (SSSR count). The summed E-state index contributed by atoms with van der Waals surface area (Å²) in [6.45, 7) is 0. The number of rotatable bonds is 5. The van der Waals surface area contributed by atoms with Crippen LogP contribution in [0.3, 0.4) is 0 Å². The van der Waals surface area contributed by atoms with Crippen LogP contribution in [0.4, 0.5) is 0 Å². The van der Waals surface area contributed by atoms with Gasteiger partial charge in [-0.05, 0) is 24.3 Å². The van der Waals surface area contributed by atoms with Gasteiger partial charge in [-0.25, -0.2) is 0 Å². The number of hydrogen-bond donors (Lipinski definition) is 2. The molecule has 1 atom stereocenters. The number of benzene rings is 1. The predicted molar refractivity (Wildman–Crippen MR) is 59.6 cm³/mol. The van der Waals surface area contributed by atoms with E-state index >= 15 is 0 Å². The van der Waals surface area contributed by atoms with E-state index in [2.05, 4.69) is 0 Å². The summed E-state index contributed by atoms with van der Waals surface area (Å²) in [6.07, 6.45) is -0.575. The molecule has 0 fully saturated rings. The molecule has 1 aromatic carbocycles. The summed E-state index contributed by atoms with van der Waals surface area (Å²) < 4.78 is 16.7. The highest BCUT2D eigenvalue weighted by molar-refractivity contribution is 7.66. The quantitative estimate of drug-likeness (QED) is 0.757. The van der Waals surface area contributed by atoms with E-state index in [1.165, 1.54) is 19.2 Å². The molecule has 0 aliphatic carbocycles. The predicted octanol–water partition coefficient (Wildman–Crippen LogP) is 1.07. The summed E-state index contributed by atoms with van der Waals surface area (Å²) in [6, 6.07) is 6.08. The highest BCUT2D eigenvalue weighted by Crippen LogP contribution is 2.40. The molecular formula is C10H13O5P. The number of carbonyl (C=O) groups is 1. The Bertz CT molecular complexity index is 412. The molecule has 0 saturated carbocycles. The van der Waals surface area contributed by atoms with Crippen molar-refractivity contribution in [3.63, 3.8) is 0 Å². The molecule has 0 amide bonds. The van der Waals surface area contributed by atoms with Crippen molar-refractivity contribution in [1.82, 2.24) is 0 Å². The summed E-state index contributed by atoms with van der Waals surface area (Å²) >= 11 is 0. The van der Waals surface area contributed by atoms with Crippen LogP contribution in [0.5, 0.6) is 5.75 Å². The number of hydrogen-bond acceptors (Lipinski definition) is 3. The molecule has 1 unspecified atom stereocenters. The summed E-state index contributed by atoms with van der Waals surface area (Å²) in [5.74, 6) is -0.496. The highest BCUT2D eigenvalue weighted by atomic mass is 31.2. The molecule has 16 heavy (non-hydrogen) atoms. The zero-order valence-electron chi connectivity index (χ0n) is 8.79. The molecule has 0 heterocycles. The minimum atomic E-state index is -3.57. The molecule has 5 nitrogen and oxygen atoms in total. The lowest BCUT2D eigenvalue weighted by molar-refractivity contribution is -0.136. The van der Waals surface area contributed by atoms with Crippen LogP contribution in [0.1, 0.15) is 6.42 Å². The van der Waals surface area contributed by atoms with Crippen molar-refractivity contribution in [2.24, 2.45) is 0 Å². The normalized spacial score (nSPS) is 14.1. The van der Waals surface area contributed by atoms with E-state index in [-0.39, 0.29) is 17.9 Å². The van der Waals surface area contributed by atoms with Crippen molar-refractivity contribution in [1.29, 1.82) is 0 Å². The second-order valence-electron chi connectivity index (χ2n) is 3.27. The van der Waals surface area contributed by atoms with E-state index < -0.39 is 13.3 Å². The Morgan fingerprint density at radius 3 is 2.38 bits per heavy atom. The second-order valence-corrected chi connectivity index (χ2v) is 5.63. The van der Waals surface area contributed by atoms with Crippen LogP contribution in [-0.2, 0) is 9.36 Å². The largest absolute Gasteiger partial charge is 0.497 e. The van der Waals surface area contributed by atoms with Crippen LogP contribution in [0.2, 0.25) is 0 Å². The van der Waals surface area contributed by atoms with E-state index in [1.807, 2.05) is 0 Å². The van der Waals surface area contributed by atoms with E-state index in [4.69, 9.17) is 9.84 Å². The molecule has 6 heteroatoms. The van der Waals surface area contributed by atoms with Crippen molar-refractivity contribution in [3.8, 4) is 5.75 Å². The molecule has 0 aliphatic rings. The molecule has 1 aromatic rings. The van der Waals surface area contributed by atoms with E-state index in [1.54, 1.807) is 12.1 Å². The number of ether oxygens (including phenoxy) is 1. The van der Waals surface area contributed by atoms with Crippen LogP contribution < -0.4 is 10.0 Å². The maximum Gasteiger partial charge on any atom is 0.303 e. The first-order chi connectivity index (χ1) is 7.45. The zero-order chi connectivity index (χ0) is 12.2. The van der Waals surface area contributed by atoms with Crippen LogP contribution >= 0.6 is 7.37 Å². The molecule has 88 valence electrons. The Hall–Kier alpha value is -1.32. The third kappa shape index (κ3) is 3.36. The topological polar surface area (TPSA) is 83.8 Å². The standard InChI is InChI=1S/C10H13O5P/c1-15-8-2-4-9(5-3-8)16(13,14)7-6-10(11)12/h2-5H,6-7H2,1H3,(H,11,12)(H,13,14). The molecule has 0 saturated heterocycles. The van der Waals surface area contributed by atoms with Gasteiger partial charge in [0.25, 0.3) is 0 Å². The van der Waals surface area contributed by atoms with Gasteiger partial charge in [0.15, 0.2) is 0 Å². The first-order valence-electron chi connectivity index (χ1n) is 4.64. The molecule has 0 aliphatic heterocycles. The first kappa shape index (κ1) is 12.7. The van der Waals surface area contributed by atoms with Gasteiger partial charge in [0.2, 0.25) is 7.37 Å². The lowest BCUT2D eigenvalue weighted by Gasteiger charge is -2.10. The number of carboxylic acid groups (broad SMARTS) is 1. The van der Waals surface area contributed by atoms with Crippen LogP contribution in [-0.4, -0.2) is 29.2 Å². The fourth-order valence-corrected chi connectivity index (χ4v) is 2.56.